The Kier molecular flexibility index (Phi) is 1.75. The first-order valence-electron chi connectivity index (χ1n) is 2.56. The highest BCUT2D eigenvalue weighted by atomic mass is 19.5. The molecule has 2 bridgehead atoms. The normalized spacial score (nSPS) is 12.4. The molecule has 62 valence electrons. The molecule has 0 atom stereocenters. The number of nitrogens with one attached hydrogen (secondary N) is 1. The van der Waals surface area contributed by atoms with Gasteiger partial charge in [0.2, 0.25) is 5.88 Å². The van der Waals surface area contributed by atoms with Crippen molar-refractivity contribution in [3.63, 3.8) is 0 Å². The fraction of sp³-hybridized carbons (Fsp3) is 0. The predicted octanol–water partition coefficient (Wildman–Crippen LogP) is 1.82. The molecule has 0 saturated carbocycles. The SMILES string of the molecule is F[B-](F)(F)F.c1[nH]c2nc1O2. The number of ether oxygens (including phenoxy) is 1. The van der Waals surface area contributed by atoms with E-state index in [4.69, 9.17) is 4.74 Å². The van der Waals surface area contributed by atoms with Crippen LogP contribution in [0.2, 0.25) is 0 Å². The molecule has 0 aromatic carbocycles. The molecular formula is C3H2BF4N2O-. The number of aromatic amines is 1. The average Bonchev–Trinajstić information content (AvgIpc) is 2.06. The maximum Gasteiger partial charge on any atom is 0.673 e. The quantitative estimate of drug-likeness (QED) is 0.482. The van der Waals surface area contributed by atoms with Crippen molar-refractivity contribution in [2.24, 2.45) is 0 Å². The summed E-state index contributed by atoms with van der Waals surface area (Å²) in [5, 5.41) is 0. The summed E-state index contributed by atoms with van der Waals surface area (Å²) in [6.45, 7) is 0. The van der Waals surface area contributed by atoms with E-state index in [1.165, 1.54) is 0 Å². The molecule has 0 amide bonds. The van der Waals surface area contributed by atoms with Crippen LogP contribution in [-0.2, 0) is 0 Å². The van der Waals surface area contributed by atoms with E-state index in [0.29, 0.717) is 11.9 Å². The second kappa shape index (κ2) is 2.44. The van der Waals surface area contributed by atoms with Crippen molar-refractivity contribution >= 4 is 7.25 Å². The molecule has 0 radical (unpaired) electrons. The van der Waals surface area contributed by atoms with Crippen molar-refractivity contribution in [3.05, 3.63) is 6.20 Å². The van der Waals surface area contributed by atoms with Crippen LogP contribution >= 0.6 is 0 Å². The Morgan fingerprint density at radius 3 is 1.91 bits per heavy atom. The molecule has 3 nitrogen and oxygen atoms in total. The minimum absolute atomic E-state index is 0.630. The van der Waals surface area contributed by atoms with Gasteiger partial charge in [-0.15, -0.1) is 0 Å². The van der Waals surface area contributed by atoms with Crippen LogP contribution in [0.4, 0.5) is 17.3 Å². The van der Waals surface area contributed by atoms with Crippen LogP contribution < -0.4 is 4.74 Å². The Morgan fingerprint density at radius 2 is 1.82 bits per heavy atom. The second-order valence-corrected chi connectivity index (χ2v) is 1.64. The number of imidazole rings is 1. The molecule has 0 fully saturated rings. The highest BCUT2D eigenvalue weighted by Crippen LogP contribution is 2.26. The fourth-order valence-corrected chi connectivity index (χ4v) is 0.453. The lowest BCUT2D eigenvalue weighted by Gasteiger charge is -1.98. The van der Waals surface area contributed by atoms with Gasteiger partial charge in [-0.1, -0.05) is 0 Å². The lowest BCUT2D eigenvalue weighted by atomic mass is 10.3. The van der Waals surface area contributed by atoms with Crippen LogP contribution in [0.1, 0.15) is 0 Å². The van der Waals surface area contributed by atoms with Gasteiger partial charge < -0.3 is 27.0 Å². The summed E-state index contributed by atoms with van der Waals surface area (Å²) in [4.78, 5) is 6.54. The summed E-state index contributed by atoms with van der Waals surface area (Å²) in [7, 11) is -6.00. The maximum atomic E-state index is 9.75. The van der Waals surface area contributed by atoms with Crippen molar-refractivity contribution in [2.75, 3.05) is 0 Å². The molecule has 3 rings (SSSR count). The summed E-state index contributed by atoms with van der Waals surface area (Å²) >= 11 is 0. The van der Waals surface area contributed by atoms with E-state index in [2.05, 4.69) is 9.97 Å². The van der Waals surface area contributed by atoms with Crippen LogP contribution in [0.3, 0.4) is 0 Å². The Labute approximate surface area is 58.5 Å². The van der Waals surface area contributed by atoms with Crippen molar-refractivity contribution in [3.8, 4) is 11.9 Å². The van der Waals surface area contributed by atoms with E-state index < -0.39 is 7.25 Å². The number of nitrogens with zero attached hydrogens (tertiary/aromatic N) is 1. The molecule has 0 spiro atoms. The zero-order valence-corrected chi connectivity index (χ0v) is 5.02. The van der Waals surface area contributed by atoms with Gasteiger partial charge in [-0.05, 0) is 0 Å². The van der Waals surface area contributed by atoms with Crippen LogP contribution in [0.5, 0.6) is 11.9 Å². The van der Waals surface area contributed by atoms with Gasteiger partial charge in [-0.25, -0.2) is 0 Å². The van der Waals surface area contributed by atoms with E-state index >= 15 is 0 Å². The highest BCUT2D eigenvalue weighted by Gasteiger charge is 2.20. The van der Waals surface area contributed by atoms with Gasteiger partial charge in [-0.3, -0.25) is 0 Å². The first-order chi connectivity index (χ1) is 4.95. The third-order valence-corrected chi connectivity index (χ3v) is 0.732. The topological polar surface area (TPSA) is 37.9 Å². The minimum Gasteiger partial charge on any atom is -0.418 e. The molecule has 3 heterocycles. The van der Waals surface area contributed by atoms with Gasteiger partial charge in [0.05, 0.1) is 6.20 Å². The molecule has 1 aromatic rings. The van der Waals surface area contributed by atoms with Crippen molar-refractivity contribution in [2.45, 2.75) is 0 Å². The molecule has 0 aliphatic carbocycles. The summed E-state index contributed by atoms with van der Waals surface area (Å²) < 4.78 is 43.8. The van der Waals surface area contributed by atoms with E-state index in [1.807, 2.05) is 0 Å². The predicted molar refractivity (Wildman–Crippen MR) is 28.8 cm³/mol. The molecule has 0 saturated heterocycles. The average molecular weight is 169 g/mol. The van der Waals surface area contributed by atoms with Crippen LogP contribution in [-0.4, -0.2) is 17.2 Å². The van der Waals surface area contributed by atoms with Crippen molar-refractivity contribution in [1.82, 2.24) is 9.97 Å². The summed E-state index contributed by atoms with van der Waals surface area (Å²) in [5.74, 6) is 0.699. The largest absolute Gasteiger partial charge is 0.673 e. The zero-order valence-electron chi connectivity index (χ0n) is 5.02. The van der Waals surface area contributed by atoms with E-state index in [1.54, 1.807) is 6.20 Å². The molecule has 1 aromatic heterocycles. The van der Waals surface area contributed by atoms with Crippen LogP contribution in [0.15, 0.2) is 6.20 Å². The van der Waals surface area contributed by atoms with Crippen molar-refractivity contribution in [1.29, 1.82) is 0 Å². The Bertz CT molecular complexity index is 216. The molecule has 2 aliphatic rings. The van der Waals surface area contributed by atoms with E-state index in [9.17, 15) is 17.3 Å². The molecule has 0 unspecified atom stereocenters. The maximum absolute atomic E-state index is 9.75. The monoisotopic (exact) mass is 169 g/mol. The Hall–Kier alpha value is -1.21. The lowest BCUT2D eigenvalue weighted by molar-refractivity contribution is 0.368. The smallest absolute Gasteiger partial charge is 0.418 e. The summed E-state index contributed by atoms with van der Waals surface area (Å²) in [6, 6.07) is 0.630. The van der Waals surface area contributed by atoms with Crippen molar-refractivity contribution < 1.29 is 22.0 Å². The number of rotatable bonds is 0. The second-order valence-electron chi connectivity index (χ2n) is 1.64. The first-order valence-corrected chi connectivity index (χ1v) is 2.56. The fourth-order valence-electron chi connectivity index (χ4n) is 0.453. The van der Waals surface area contributed by atoms with Gasteiger partial charge in [0, 0.05) is 0 Å². The number of aromatic nitrogens is 2. The highest BCUT2D eigenvalue weighted by molar-refractivity contribution is 6.50. The third-order valence-electron chi connectivity index (χ3n) is 0.732. The Balaban J connectivity index is 0.000000114. The first kappa shape index (κ1) is 7.90. The standard InChI is InChI=1S/C3H2N2O.BF4/c1-2-5-3(4-1)6-2;2-1(3,4)5/h1H,(H,4,5);/q;-1. The number of hydrogen-bond acceptors (Lipinski definition) is 2. The number of hydrogen-bond donors (Lipinski definition) is 1. The van der Waals surface area contributed by atoms with Gasteiger partial charge in [-0.2, -0.15) is 4.98 Å². The number of fused-ring (bicyclic) bond motifs is 1. The van der Waals surface area contributed by atoms with E-state index in [0.717, 1.165) is 0 Å². The van der Waals surface area contributed by atoms with E-state index in [-0.39, 0.29) is 0 Å². The van der Waals surface area contributed by atoms with Crippen LogP contribution in [0.25, 0.3) is 0 Å². The zero-order chi connectivity index (χ0) is 8.48. The minimum atomic E-state index is -6.00. The molecular weight excluding hydrogens is 167 g/mol. The van der Waals surface area contributed by atoms with Gasteiger partial charge in [0.25, 0.3) is 0 Å². The molecule has 8 heteroatoms. The van der Waals surface area contributed by atoms with Gasteiger partial charge in [0.1, 0.15) is 0 Å². The summed E-state index contributed by atoms with van der Waals surface area (Å²) in [6.07, 6.45) is 1.72. The lowest BCUT2D eigenvalue weighted by Crippen LogP contribution is -2.02. The molecule has 2 aliphatic heterocycles. The Morgan fingerprint density at radius 1 is 1.36 bits per heavy atom. The molecule has 11 heavy (non-hydrogen) atoms. The number of H-pyrrole nitrogens is 1. The third kappa shape index (κ3) is 2.92. The van der Waals surface area contributed by atoms with Gasteiger partial charge >= 0.3 is 13.3 Å². The summed E-state index contributed by atoms with van der Waals surface area (Å²) in [5.41, 5.74) is 0. The van der Waals surface area contributed by atoms with Crippen LogP contribution in [0, 0.1) is 0 Å². The molecule has 1 N–H and O–H groups in total. The van der Waals surface area contributed by atoms with Gasteiger partial charge in [0.15, 0.2) is 0 Å². The number of halogens is 4.